The molecule has 2 N–H and O–H groups in total. The molecular weight excluding hydrogens is 278 g/mol. The standard InChI is InChI=1S/C11H10ClNO4S/c12-6-2-8-7(16-4-17-8)1-5(6)10-13-3-9(18-10)11(14)15/h1-2,9-10,13H,3-4H2,(H,14,15)/t9-,10-/m1/s1. The average Bonchev–Trinajstić information content (AvgIpc) is 2.94. The fourth-order valence-corrected chi connectivity index (χ4v) is 3.44. The van der Waals surface area contributed by atoms with E-state index in [1.54, 1.807) is 12.1 Å². The van der Waals surface area contributed by atoms with Gasteiger partial charge in [-0.15, -0.1) is 11.8 Å². The number of benzene rings is 1. The minimum absolute atomic E-state index is 0.131. The lowest BCUT2D eigenvalue weighted by Gasteiger charge is -2.12. The Hall–Kier alpha value is -1.11. The summed E-state index contributed by atoms with van der Waals surface area (Å²) in [7, 11) is 0. The van der Waals surface area contributed by atoms with Gasteiger partial charge in [-0.05, 0) is 6.07 Å². The van der Waals surface area contributed by atoms with E-state index >= 15 is 0 Å². The molecule has 0 bridgehead atoms. The van der Waals surface area contributed by atoms with Gasteiger partial charge in [-0.2, -0.15) is 0 Å². The first-order valence-electron chi connectivity index (χ1n) is 5.36. The van der Waals surface area contributed by atoms with Crippen LogP contribution in [-0.4, -0.2) is 29.7 Å². The number of ether oxygens (including phenoxy) is 2. The molecule has 1 saturated heterocycles. The second-order valence-corrected chi connectivity index (χ2v) is 5.70. The minimum Gasteiger partial charge on any atom is -0.480 e. The van der Waals surface area contributed by atoms with E-state index in [0.717, 1.165) is 5.56 Å². The molecule has 0 spiro atoms. The molecule has 7 heteroatoms. The monoisotopic (exact) mass is 287 g/mol. The largest absolute Gasteiger partial charge is 0.480 e. The summed E-state index contributed by atoms with van der Waals surface area (Å²) < 4.78 is 10.5. The Morgan fingerprint density at radius 1 is 1.44 bits per heavy atom. The van der Waals surface area contributed by atoms with Gasteiger partial charge in [0.05, 0.1) is 10.4 Å². The highest BCUT2D eigenvalue weighted by atomic mass is 35.5. The normalized spacial score (nSPS) is 25.4. The van der Waals surface area contributed by atoms with E-state index in [2.05, 4.69) is 5.32 Å². The first-order valence-corrected chi connectivity index (χ1v) is 6.68. The van der Waals surface area contributed by atoms with Crippen molar-refractivity contribution in [2.45, 2.75) is 10.6 Å². The fourth-order valence-electron chi connectivity index (χ4n) is 1.94. The number of fused-ring (bicyclic) bond motifs is 1. The molecule has 0 amide bonds. The lowest BCUT2D eigenvalue weighted by Crippen LogP contribution is -2.21. The van der Waals surface area contributed by atoms with Crippen molar-refractivity contribution in [3.8, 4) is 11.5 Å². The van der Waals surface area contributed by atoms with Gasteiger partial charge in [0.15, 0.2) is 11.5 Å². The first-order chi connectivity index (χ1) is 8.65. The van der Waals surface area contributed by atoms with Crippen LogP contribution in [0.25, 0.3) is 0 Å². The summed E-state index contributed by atoms with van der Waals surface area (Å²) in [4.78, 5) is 10.9. The molecule has 5 nitrogen and oxygen atoms in total. The summed E-state index contributed by atoms with van der Waals surface area (Å²) in [6.45, 7) is 0.619. The van der Waals surface area contributed by atoms with E-state index in [4.69, 9.17) is 26.2 Å². The molecule has 2 aliphatic heterocycles. The van der Waals surface area contributed by atoms with Gasteiger partial charge in [-0.3, -0.25) is 10.1 Å². The van der Waals surface area contributed by atoms with Crippen molar-refractivity contribution in [1.82, 2.24) is 5.32 Å². The summed E-state index contributed by atoms with van der Waals surface area (Å²) in [6, 6.07) is 3.51. The summed E-state index contributed by atoms with van der Waals surface area (Å²) in [5.41, 5.74) is 0.828. The Balaban J connectivity index is 1.87. The Morgan fingerprint density at radius 2 is 2.17 bits per heavy atom. The number of hydrogen-bond donors (Lipinski definition) is 2. The molecule has 2 aliphatic rings. The van der Waals surface area contributed by atoms with Gasteiger partial charge in [0.2, 0.25) is 6.79 Å². The van der Waals surface area contributed by atoms with E-state index in [1.165, 1.54) is 11.8 Å². The van der Waals surface area contributed by atoms with Crippen LogP contribution in [0.3, 0.4) is 0 Å². The molecule has 2 atom stereocenters. The topological polar surface area (TPSA) is 67.8 Å². The summed E-state index contributed by atoms with van der Waals surface area (Å²) >= 11 is 7.52. The van der Waals surface area contributed by atoms with Crippen LogP contribution in [0.2, 0.25) is 5.02 Å². The fraction of sp³-hybridized carbons (Fsp3) is 0.364. The number of carbonyl (C=O) groups is 1. The van der Waals surface area contributed by atoms with Crippen LogP contribution in [0.4, 0.5) is 0 Å². The molecule has 0 saturated carbocycles. The van der Waals surface area contributed by atoms with Crippen LogP contribution in [0, 0.1) is 0 Å². The Labute approximate surface area is 112 Å². The molecule has 1 aromatic rings. The van der Waals surface area contributed by atoms with Gasteiger partial charge in [-0.1, -0.05) is 11.6 Å². The van der Waals surface area contributed by atoms with Gasteiger partial charge in [-0.25, -0.2) is 0 Å². The molecule has 0 aromatic heterocycles. The Kier molecular flexibility index (Phi) is 3.01. The van der Waals surface area contributed by atoms with Crippen LogP contribution < -0.4 is 14.8 Å². The van der Waals surface area contributed by atoms with E-state index in [9.17, 15) is 4.79 Å². The SMILES string of the molecule is O=C(O)[C@H]1CN[C@@H](c2cc3c(cc2Cl)OCO3)S1. The lowest BCUT2D eigenvalue weighted by molar-refractivity contribution is -0.136. The number of hydrogen-bond acceptors (Lipinski definition) is 5. The van der Waals surface area contributed by atoms with Crippen molar-refractivity contribution >= 4 is 29.3 Å². The molecule has 18 heavy (non-hydrogen) atoms. The third-order valence-electron chi connectivity index (χ3n) is 2.84. The van der Waals surface area contributed by atoms with Gasteiger partial charge >= 0.3 is 5.97 Å². The highest BCUT2D eigenvalue weighted by Crippen LogP contribution is 2.44. The van der Waals surface area contributed by atoms with Gasteiger partial charge in [0.25, 0.3) is 0 Å². The molecule has 96 valence electrons. The summed E-state index contributed by atoms with van der Waals surface area (Å²) in [5, 5.41) is 12.1. The molecule has 0 radical (unpaired) electrons. The Bertz CT molecular complexity index is 510. The van der Waals surface area contributed by atoms with Crippen molar-refractivity contribution in [2.75, 3.05) is 13.3 Å². The van der Waals surface area contributed by atoms with Crippen LogP contribution in [0.15, 0.2) is 12.1 Å². The smallest absolute Gasteiger partial charge is 0.318 e. The van der Waals surface area contributed by atoms with Gasteiger partial charge < -0.3 is 14.6 Å². The van der Waals surface area contributed by atoms with E-state index in [0.29, 0.717) is 23.1 Å². The highest BCUT2D eigenvalue weighted by Gasteiger charge is 2.33. The van der Waals surface area contributed by atoms with Crippen LogP contribution in [-0.2, 0) is 4.79 Å². The van der Waals surface area contributed by atoms with Crippen molar-refractivity contribution in [3.05, 3.63) is 22.7 Å². The maximum atomic E-state index is 10.9. The van der Waals surface area contributed by atoms with Gasteiger partial charge in [0.1, 0.15) is 5.25 Å². The van der Waals surface area contributed by atoms with E-state index in [1.807, 2.05) is 0 Å². The predicted octanol–water partition coefficient (Wildman–Crippen LogP) is 1.86. The zero-order valence-corrected chi connectivity index (χ0v) is 10.8. The molecule has 1 aromatic carbocycles. The number of halogens is 1. The molecule has 0 unspecified atom stereocenters. The summed E-state index contributed by atoms with van der Waals surface area (Å²) in [6.07, 6.45) is 0. The maximum absolute atomic E-state index is 10.9. The van der Waals surface area contributed by atoms with Crippen molar-refractivity contribution in [2.24, 2.45) is 0 Å². The molecular formula is C11H10ClNO4S. The van der Waals surface area contributed by atoms with Crippen LogP contribution in [0.5, 0.6) is 11.5 Å². The van der Waals surface area contributed by atoms with Gasteiger partial charge in [0, 0.05) is 18.2 Å². The lowest BCUT2D eigenvalue weighted by atomic mass is 10.2. The second-order valence-electron chi connectivity index (χ2n) is 3.98. The minimum atomic E-state index is -0.813. The molecule has 1 fully saturated rings. The number of rotatable bonds is 2. The highest BCUT2D eigenvalue weighted by molar-refractivity contribution is 8.01. The third-order valence-corrected chi connectivity index (χ3v) is 4.56. The van der Waals surface area contributed by atoms with Crippen LogP contribution in [0.1, 0.15) is 10.9 Å². The van der Waals surface area contributed by atoms with Crippen molar-refractivity contribution in [1.29, 1.82) is 0 Å². The molecule has 3 rings (SSSR count). The summed E-state index contributed by atoms with van der Waals surface area (Å²) in [5.74, 6) is 0.462. The maximum Gasteiger partial charge on any atom is 0.318 e. The number of aliphatic carboxylic acids is 1. The number of thioether (sulfide) groups is 1. The Morgan fingerprint density at radius 3 is 2.83 bits per heavy atom. The number of carboxylic acid groups (broad SMARTS) is 1. The molecule has 2 heterocycles. The van der Waals surface area contributed by atoms with Crippen LogP contribution >= 0.6 is 23.4 Å². The van der Waals surface area contributed by atoms with E-state index < -0.39 is 11.2 Å². The number of carboxylic acids is 1. The second kappa shape index (κ2) is 4.53. The van der Waals surface area contributed by atoms with Crippen molar-refractivity contribution in [3.63, 3.8) is 0 Å². The predicted molar refractivity (Wildman–Crippen MR) is 67.3 cm³/mol. The third kappa shape index (κ3) is 2.00. The first kappa shape index (κ1) is 12.0. The average molecular weight is 288 g/mol. The number of nitrogens with one attached hydrogen (secondary N) is 1. The quantitative estimate of drug-likeness (QED) is 0.865. The van der Waals surface area contributed by atoms with E-state index in [-0.39, 0.29) is 12.2 Å². The zero-order chi connectivity index (χ0) is 12.7. The zero-order valence-electron chi connectivity index (χ0n) is 9.18. The molecule has 0 aliphatic carbocycles. The van der Waals surface area contributed by atoms with Crippen molar-refractivity contribution < 1.29 is 19.4 Å².